The lowest BCUT2D eigenvalue weighted by atomic mass is 10.2. The zero-order valence-corrected chi connectivity index (χ0v) is 17.7. The number of aromatic nitrogens is 1. The van der Waals surface area contributed by atoms with Crippen molar-refractivity contribution in [2.24, 2.45) is 0 Å². The standard InChI is InChI=1S/C20H27N3O4S/c1-5-22(6-2)9-10-23(19(24)16-13-26-11-12-27-16)20-21-17-15(25-4)8-7-14(3)18(17)28-20/h7-8,13H,5-6,9-12H2,1-4H3/p+1. The van der Waals surface area contributed by atoms with Gasteiger partial charge in [0, 0.05) is 0 Å². The fourth-order valence-corrected chi connectivity index (χ4v) is 4.23. The maximum Gasteiger partial charge on any atom is 0.298 e. The summed E-state index contributed by atoms with van der Waals surface area (Å²) < 4.78 is 17.3. The van der Waals surface area contributed by atoms with Crippen LogP contribution in [0.1, 0.15) is 19.4 Å². The van der Waals surface area contributed by atoms with Crippen LogP contribution >= 0.6 is 11.3 Å². The molecule has 0 saturated heterocycles. The number of nitrogens with zero attached hydrogens (tertiary/aromatic N) is 2. The van der Waals surface area contributed by atoms with Crippen LogP contribution < -0.4 is 14.5 Å². The molecule has 0 radical (unpaired) electrons. The van der Waals surface area contributed by atoms with Gasteiger partial charge in [0.25, 0.3) is 5.91 Å². The summed E-state index contributed by atoms with van der Waals surface area (Å²) >= 11 is 1.50. The Morgan fingerprint density at radius 3 is 2.75 bits per heavy atom. The van der Waals surface area contributed by atoms with Crippen molar-refractivity contribution in [2.75, 3.05) is 51.4 Å². The molecular formula is C20H28N3O4S+. The molecule has 2 heterocycles. The van der Waals surface area contributed by atoms with Crippen molar-refractivity contribution in [2.45, 2.75) is 20.8 Å². The van der Waals surface area contributed by atoms with Gasteiger partial charge in [0.2, 0.25) is 5.76 Å². The lowest BCUT2D eigenvalue weighted by Gasteiger charge is -2.24. The van der Waals surface area contributed by atoms with E-state index in [1.54, 1.807) is 12.0 Å². The Morgan fingerprint density at radius 1 is 1.32 bits per heavy atom. The van der Waals surface area contributed by atoms with E-state index in [1.165, 1.54) is 22.5 Å². The van der Waals surface area contributed by atoms with Gasteiger partial charge < -0.3 is 19.1 Å². The van der Waals surface area contributed by atoms with Gasteiger partial charge in [-0.25, -0.2) is 4.98 Å². The van der Waals surface area contributed by atoms with E-state index in [0.717, 1.165) is 35.4 Å². The van der Waals surface area contributed by atoms with Crippen LogP contribution in [0, 0.1) is 6.92 Å². The summed E-state index contributed by atoms with van der Waals surface area (Å²) in [5.74, 6) is 0.715. The Labute approximate surface area is 169 Å². The van der Waals surface area contributed by atoms with Crippen LogP contribution in [0.25, 0.3) is 10.2 Å². The predicted octanol–water partition coefficient (Wildman–Crippen LogP) is 1.76. The van der Waals surface area contributed by atoms with Gasteiger partial charge in [0.15, 0.2) is 5.13 Å². The highest BCUT2D eigenvalue weighted by atomic mass is 32.1. The highest BCUT2D eigenvalue weighted by Gasteiger charge is 2.28. The number of quaternary nitrogens is 1. The molecule has 1 aliphatic heterocycles. The number of carbonyl (C=O) groups is 1. The molecular weight excluding hydrogens is 378 g/mol. The molecule has 8 heteroatoms. The molecule has 0 saturated carbocycles. The Morgan fingerprint density at radius 2 is 2.11 bits per heavy atom. The van der Waals surface area contributed by atoms with Crippen LogP contribution in [-0.4, -0.2) is 57.4 Å². The summed E-state index contributed by atoms with van der Waals surface area (Å²) in [6, 6.07) is 3.92. The Hall–Kier alpha value is -2.32. The summed E-state index contributed by atoms with van der Waals surface area (Å²) in [5, 5.41) is 0.647. The lowest BCUT2D eigenvalue weighted by molar-refractivity contribution is -0.894. The summed E-state index contributed by atoms with van der Waals surface area (Å²) in [7, 11) is 1.63. The van der Waals surface area contributed by atoms with E-state index in [9.17, 15) is 4.79 Å². The quantitative estimate of drug-likeness (QED) is 0.724. The van der Waals surface area contributed by atoms with Gasteiger partial charge in [0.1, 0.15) is 30.7 Å². The number of likely N-dealkylation sites (N-methyl/N-ethyl adjacent to an activating group) is 1. The predicted molar refractivity (Wildman–Crippen MR) is 110 cm³/mol. The van der Waals surface area contributed by atoms with Crippen molar-refractivity contribution in [3.8, 4) is 5.75 Å². The molecule has 7 nitrogen and oxygen atoms in total. The number of methoxy groups -OCH3 is 1. The smallest absolute Gasteiger partial charge is 0.298 e. The minimum atomic E-state index is -0.220. The number of nitrogens with one attached hydrogen (secondary N) is 1. The molecule has 1 aliphatic rings. The van der Waals surface area contributed by atoms with Crippen molar-refractivity contribution < 1.29 is 23.9 Å². The van der Waals surface area contributed by atoms with E-state index < -0.39 is 0 Å². The molecule has 0 aliphatic carbocycles. The minimum Gasteiger partial charge on any atom is -0.494 e. The van der Waals surface area contributed by atoms with E-state index in [2.05, 4.69) is 13.8 Å². The Kier molecular flexibility index (Phi) is 6.74. The molecule has 0 bridgehead atoms. The van der Waals surface area contributed by atoms with Crippen LogP contribution in [0.3, 0.4) is 0 Å². The van der Waals surface area contributed by atoms with E-state index in [1.807, 2.05) is 19.1 Å². The number of aryl methyl sites for hydroxylation is 1. The van der Waals surface area contributed by atoms with E-state index >= 15 is 0 Å². The van der Waals surface area contributed by atoms with Crippen molar-refractivity contribution in [1.82, 2.24) is 4.98 Å². The topological polar surface area (TPSA) is 65.3 Å². The summed E-state index contributed by atoms with van der Waals surface area (Å²) in [6.07, 6.45) is 1.41. The van der Waals surface area contributed by atoms with Crippen LogP contribution in [0.4, 0.5) is 5.13 Å². The second-order valence-electron chi connectivity index (χ2n) is 6.62. The summed E-state index contributed by atoms with van der Waals surface area (Å²) in [4.78, 5) is 21.1. The molecule has 28 heavy (non-hydrogen) atoms. The first-order valence-electron chi connectivity index (χ1n) is 9.63. The maximum atomic E-state index is 13.2. The summed E-state index contributed by atoms with van der Waals surface area (Å²) in [6.45, 7) is 10.6. The number of ether oxygens (including phenoxy) is 3. The van der Waals surface area contributed by atoms with E-state index in [-0.39, 0.29) is 11.7 Å². The fourth-order valence-electron chi connectivity index (χ4n) is 3.15. The number of fused-ring (bicyclic) bond motifs is 1. The van der Waals surface area contributed by atoms with Gasteiger partial charge in [-0.3, -0.25) is 9.69 Å². The molecule has 1 aromatic carbocycles. The first kappa shape index (κ1) is 20.4. The average Bonchev–Trinajstić information content (AvgIpc) is 3.18. The summed E-state index contributed by atoms with van der Waals surface area (Å²) in [5.41, 5.74) is 1.89. The number of hydrogen-bond donors (Lipinski definition) is 1. The van der Waals surface area contributed by atoms with Crippen LogP contribution in [0.5, 0.6) is 5.75 Å². The number of rotatable bonds is 8. The molecule has 0 fully saturated rings. The third kappa shape index (κ3) is 4.23. The Bertz CT molecular complexity index is 860. The van der Waals surface area contributed by atoms with Gasteiger partial charge in [-0.05, 0) is 32.4 Å². The maximum absolute atomic E-state index is 13.2. The van der Waals surface area contributed by atoms with Crippen molar-refractivity contribution >= 4 is 32.6 Å². The third-order valence-corrected chi connectivity index (χ3v) is 6.15. The number of thiazole rings is 1. The van der Waals surface area contributed by atoms with Crippen LogP contribution in [0.15, 0.2) is 24.2 Å². The minimum absolute atomic E-state index is 0.220. The number of hydrogen-bond acceptors (Lipinski definition) is 6. The van der Waals surface area contributed by atoms with Gasteiger partial charge in [0.05, 0.1) is 38.0 Å². The molecule has 0 spiro atoms. The van der Waals surface area contributed by atoms with Crippen LogP contribution in [0.2, 0.25) is 0 Å². The van der Waals surface area contributed by atoms with Gasteiger partial charge in [-0.1, -0.05) is 17.4 Å². The second-order valence-corrected chi connectivity index (χ2v) is 7.60. The Balaban J connectivity index is 1.97. The molecule has 1 amide bonds. The highest BCUT2D eigenvalue weighted by Crippen LogP contribution is 2.36. The molecule has 3 rings (SSSR count). The number of anilines is 1. The SMILES string of the molecule is CC[NH+](CC)CCN(C(=O)C1=COCCO1)c1nc2c(OC)ccc(C)c2s1. The zero-order chi connectivity index (χ0) is 20.1. The number of amides is 1. The van der Waals surface area contributed by atoms with Gasteiger partial charge in [-0.15, -0.1) is 0 Å². The van der Waals surface area contributed by atoms with E-state index in [4.69, 9.17) is 19.2 Å². The fraction of sp³-hybridized carbons (Fsp3) is 0.500. The van der Waals surface area contributed by atoms with Crippen molar-refractivity contribution in [1.29, 1.82) is 0 Å². The normalized spacial score (nSPS) is 13.8. The molecule has 0 atom stereocenters. The second kappa shape index (κ2) is 9.25. The molecule has 1 N–H and O–H groups in total. The molecule has 0 unspecified atom stereocenters. The van der Waals surface area contributed by atoms with E-state index in [0.29, 0.717) is 30.6 Å². The van der Waals surface area contributed by atoms with Crippen LogP contribution in [-0.2, 0) is 14.3 Å². The highest BCUT2D eigenvalue weighted by molar-refractivity contribution is 7.22. The monoisotopic (exact) mass is 406 g/mol. The molecule has 152 valence electrons. The molecule has 1 aromatic heterocycles. The molecule has 2 aromatic rings. The largest absolute Gasteiger partial charge is 0.494 e. The first-order valence-corrected chi connectivity index (χ1v) is 10.4. The lowest BCUT2D eigenvalue weighted by Crippen LogP contribution is -3.12. The van der Waals surface area contributed by atoms with Gasteiger partial charge in [-0.2, -0.15) is 0 Å². The number of carbonyl (C=O) groups excluding carboxylic acids is 1. The zero-order valence-electron chi connectivity index (χ0n) is 16.9. The van der Waals surface area contributed by atoms with Crippen molar-refractivity contribution in [3.05, 3.63) is 29.7 Å². The third-order valence-electron chi connectivity index (χ3n) is 4.94. The first-order chi connectivity index (χ1) is 13.6. The average molecular weight is 407 g/mol. The van der Waals surface area contributed by atoms with Gasteiger partial charge >= 0.3 is 0 Å². The van der Waals surface area contributed by atoms with Crippen molar-refractivity contribution in [3.63, 3.8) is 0 Å². The number of benzene rings is 1.